The van der Waals surface area contributed by atoms with Crippen molar-refractivity contribution >= 4 is 32.7 Å². The fourth-order valence-corrected chi connectivity index (χ4v) is 4.09. The van der Waals surface area contributed by atoms with E-state index in [1.807, 2.05) is 11.5 Å². The number of carbonyl (C=O) groups excluding carboxylic acids is 1. The quantitative estimate of drug-likeness (QED) is 0.342. The van der Waals surface area contributed by atoms with Gasteiger partial charge in [0.1, 0.15) is 6.54 Å². The van der Waals surface area contributed by atoms with Crippen LogP contribution in [0.25, 0.3) is 22.4 Å². The summed E-state index contributed by atoms with van der Waals surface area (Å²) in [6.45, 7) is 1.18. The van der Waals surface area contributed by atoms with Gasteiger partial charge in [0.05, 0.1) is 36.0 Å². The Morgan fingerprint density at radius 1 is 1.32 bits per heavy atom. The third-order valence-corrected chi connectivity index (χ3v) is 5.91. The minimum Gasteiger partial charge on any atom is -0.383 e. The van der Waals surface area contributed by atoms with Crippen molar-refractivity contribution in [1.82, 2.24) is 24.6 Å². The molecule has 1 unspecified atom stereocenters. The van der Waals surface area contributed by atoms with Crippen molar-refractivity contribution in [2.45, 2.75) is 32.2 Å². The van der Waals surface area contributed by atoms with Gasteiger partial charge in [0.2, 0.25) is 11.7 Å². The summed E-state index contributed by atoms with van der Waals surface area (Å²) >= 11 is 3.37. The Bertz CT molecular complexity index is 1310. The number of fused-ring (bicyclic) bond motifs is 1. The van der Waals surface area contributed by atoms with Gasteiger partial charge in [-0.25, -0.2) is 0 Å². The van der Waals surface area contributed by atoms with Crippen LogP contribution in [-0.4, -0.2) is 45.1 Å². The molecule has 1 N–H and O–H groups in total. The van der Waals surface area contributed by atoms with Crippen LogP contribution >= 0.6 is 15.9 Å². The highest BCUT2D eigenvalue weighted by atomic mass is 79.9. The molecule has 0 aliphatic heterocycles. The van der Waals surface area contributed by atoms with Crippen molar-refractivity contribution in [1.29, 1.82) is 0 Å². The number of aromatic nitrogens is 4. The number of methoxy groups -OCH3 is 1. The molecule has 0 radical (unpaired) electrons. The summed E-state index contributed by atoms with van der Waals surface area (Å²) in [5.41, 5.74) is 0.983. The lowest BCUT2D eigenvalue weighted by Gasteiger charge is -2.11. The van der Waals surface area contributed by atoms with Gasteiger partial charge in [0.15, 0.2) is 0 Å². The van der Waals surface area contributed by atoms with Crippen LogP contribution in [0.1, 0.15) is 29.2 Å². The van der Waals surface area contributed by atoms with Gasteiger partial charge in [-0.3, -0.25) is 4.79 Å². The number of hydrogen-bond donors (Lipinski definition) is 1. The molecule has 180 valence electrons. The molecule has 0 aliphatic carbocycles. The predicted octanol–water partition coefficient (Wildman–Crippen LogP) is 4.96. The number of carbonyl (C=O) groups is 1. The van der Waals surface area contributed by atoms with E-state index in [4.69, 9.17) is 9.26 Å². The standard InChI is InChI=1S/C22H21BrF3N5O3/c1-13(11-33-2)30-7-6-14(10-30)21(32)27-9-19-28-20(29-34-19)18-8-15-16(23)4-3-5-17(15)31(18)12-22(24,25)26/h3-8,10,13H,9,11-12H2,1-2H3,(H,27,32). The van der Waals surface area contributed by atoms with E-state index in [2.05, 4.69) is 31.4 Å². The molecule has 0 saturated heterocycles. The first kappa shape index (κ1) is 24.0. The Morgan fingerprint density at radius 3 is 2.85 bits per heavy atom. The number of rotatable bonds is 8. The van der Waals surface area contributed by atoms with Crippen molar-refractivity contribution in [3.8, 4) is 11.5 Å². The smallest absolute Gasteiger partial charge is 0.383 e. The molecule has 0 fully saturated rings. The van der Waals surface area contributed by atoms with Gasteiger partial charge < -0.3 is 23.7 Å². The lowest BCUT2D eigenvalue weighted by Crippen LogP contribution is -2.22. The van der Waals surface area contributed by atoms with Crippen molar-refractivity contribution < 1.29 is 27.2 Å². The van der Waals surface area contributed by atoms with E-state index in [1.54, 1.807) is 49.8 Å². The lowest BCUT2D eigenvalue weighted by atomic mass is 10.2. The van der Waals surface area contributed by atoms with Gasteiger partial charge in [0.25, 0.3) is 5.91 Å². The summed E-state index contributed by atoms with van der Waals surface area (Å²) in [6, 6.07) is 8.30. The van der Waals surface area contributed by atoms with Crippen LogP contribution in [0, 0.1) is 0 Å². The molecule has 1 amide bonds. The van der Waals surface area contributed by atoms with E-state index in [0.29, 0.717) is 27.5 Å². The van der Waals surface area contributed by atoms with E-state index in [1.165, 1.54) is 0 Å². The van der Waals surface area contributed by atoms with E-state index in [-0.39, 0.29) is 35.9 Å². The van der Waals surface area contributed by atoms with E-state index in [9.17, 15) is 18.0 Å². The van der Waals surface area contributed by atoms with E-state index < -0.39 is 12.7 Å². The summed E-state index contributed by atoms with van der Waals surface area (Å²) in [6.07, 6.45) is -0.965. The predicted molar refractivity (Wildman–Crippen MR) is 121 cm³/mol. The number of ether oxygens (including phenoxy) is 1. The van der Waals surface area contributed by atoms with Gasteiger partial charge in [-0.1, -0.05) is 27.2 Å². The largest absolute Gasteiger partial charge is 0.406 e. The molecule has 0 saturated carbocycles. The maximum Gasteiger partial charge on any atom is 0.406 e. The number of nitrogens with zero attached hydrogens (tertiary/aromatic N) is 4. The molecule has 0 bridgehead atoms. The maximum absolute atomic E-state index is 13.3. The molecule has 1 aromatic carbocycles. The summed E-state index contributed by atoms with van der Waals surface area (Å²) in [5, 5.41) is 7.11. The normalized spacial score (nSPS) is 12.9. The van der Waals surface area contributed by atoms with Crippen LogP contribution in [0.4, 0.5) is 13.2 Å². The fourth-order valence-electron chi connectivity index (χ4n) is 3.62. The summed E-state index contributed by atoms with van der Waals surface area (Å²) in [4.78, 5) is 16.7. The minimum absolute atomic E-state index is 0.00357. The molecule has 3 heterocycles. The molecule has 4 rings (SSSR count). The van der Waals surface area contributed by atoms with Crippen molar-refractivity contribution in [3.05, 3.63) is 58.7 Å². The Morgan fingerprint density at radius 2 is 2.12 bits per heavy atom. The molecule has 4 aromatic rings. The van der Waals surface area contributed by atoms with Crippen LogP contribution in [0.3, 0.4) is 0 Å². The van der Waals surface area contributed by atoms with E-state index >= 15 is 0 Å². The number of hydrogen-bond acceptors (Lipinski definition) is 5. The Labute approximate surface area is 200 Å². The van der Waals surface area contributed by atoms with Gasteiger partial charge in [0, 0.05) is 29.4 Å². The van der Waals surface area contributed by atoms with Gasteiger partial charge in [-0.05, 0) is 31.2 Å². The minimum atomic E-state index is -4.44. The molecule has 0 spiro atoms. The van der Waals surface area contributed by atoms with Crippen molar-refractivity contribution in [3.63, 3.8) is 0 Å². The van der Waals surface area contributed by atoms with Gasteiger partial charge >= 0.3 is 6.18 Å². The average Bonchev–Trinajstić information content (AvgIpc) is 3.51. The average molecular weight is 540 g/mol. The molecule has 12 heteroatoms. The molecule has 8 nitrogen and oxygen atoms in total. The molecule has 3 aromatic heterocycles. The topological polar surface area (TPSA) is 87.1 Å². The molecular weight excluding hydrogens is 519 g/mol. The second kappa shape index (κ2) is 9.63. The number of amides is 1. The zero-order valence-corrected chi connectivity index (χ0v) is 19.9. The number of halogens is 4. The van der Waals surface area contributed by atoms with Crippen molar-refractivity contribution in [2.75, 3.05) is 13.7 Å². The molecular formula is C22H21BrF3N5O3. The van der Waals surface area contributed by atoms with Gasteiger partial charge in [-0.2, -0.15) is 18.2 Å². The first-order valence-electron chi connectivity index (χ1n) is 10.3. The summed E-state index contributed by atoms with van der Waals surface area (Å²) < 4.78 is 53.7. The van der Waals surface area contributed by atoms with Crippen LogP contribution in [0.2, 0.25) is 0 Å². The Hall–Kier alpha value is -3.12. The van der Waals surface area contributed by atoms with Crippen LogP contribution in [0.5, 0.6) is 0 Å². The third kappa shape index (κ3) is 5.17. The zero-order chi connectivity index (χ0) is 24.5. The number of benzene rings is 1. The summed E-state index contributed by atoms with van der Waals surface area (Å²) in [5.74, 6) is -0.284. The monoisotopic (exact) mass is 539 g/mol. The van der Waals surface area contributed by atoms with Crippen LogP contribution in [0.15, 0.2) is 51.7 Å². The van der Waals surface area contributed by atoms with Crippen molar-refractivity contribution in [2.24, 2.45) is 0 Å². The highest BCUT2D eigenvalue weighted by Gasteiger charge is 2.31. The lowest BCUT2D eigenvalue weighted by molar-refractivity contribution is -0.139. The first-order chi connectivity index (χ1) is 16.2. The fraction of sp³-hybridized carbons (Fsp3) is 0.318. The SMILES string of the molecule is COCC(C)n1ccc(C(=O)NCc2nc(-c3cc4c(Br)cccc4n3CC(F)(F)F)no2)c1. The highest BCUT2D eigenvalue weighted by Crippen LogP contribution is 2.33. The third-order valence-electron chi connectivity index (χ3n) is 5.22. The zero-order valence-electron chi connectivity index (χ0n) is 18.3. The first-order valence-corrected chi connectivity index (χ1v) is 11.1. The molecule has 34 heavy (non-hydrogen) atoms. The second-order valence-electron chi connectivity index (χ2n) is 7.75. The second-order valence-corrected chi connectivity index (χ2v) is 8.60. The molecule has 0 aliphatic rings. The van der Waals surface area contributed by atoms with Crippen LogP contribution < -0.4 is 5.32 Å². The Kier molecular flexibility index (Phi) is 6.80. The van der Waals surface area contributed by atoms with Crippen LogP contribution in [-0.2, 0) is 17.8 Å². The molecule has 1 atom stereocenters. The number of nitrogens with one attached hydrogen (secondary N) is 1. The Balaban J connectivity index is 1.52. The highest BCUT2D eigenvalue weighted by molar-refractivity contribution is 9.10. The summed E-state index contributed by atoms with van der Waals surface area (Å²) in [7, 11) is 1.60. The van der Waals surface area contributed by atoms with Gasteiger partial charge in [-0.15, -0.1) is 0 Å². The number of alkyl halides is 3. The van der Waals surface area contributed by atoms with E-state index in [0.717, 1.165) is 4.57 Å². The maximum atomic E-state index is 13.3.